The largest absolute Gasteiger partial charge is 0.491 e. The van der Waals surface area contributed by atoms with E-state index in [9.17, 15) is 36.8 Å². The van der Waals surface area contributed by atoms with E-state index in [1.807, 2.05) is 18.6 Å². The van der Waals surface area contributed by atoms with E-state index < -0.39 is 58.4 Å². The second-order valence-corrected chi connectivity index (χ2v) is 12.3. The summed E-state index contributed by atoms with van der Waals surface area (Å²) >= 11 is 0. The molecule has 0 aliphatic heterocycles. The van der Waals surface area contributed by atoms with Gasteiger partial charge in [0, 0.05) is 18.3 Å². The number of imide groups is 1. The van der Waals surface area contributed by atoms with Gasteiger partial charge in [0.05, 0.1) is 30.2 Å². The first-order valence-corrected chi connectivity index (χ1v) is 16.3. The molecule has 0 spiro atoms. The quantitative estimate of drug-likeness (QED) is 0.197. The van der Waals surface area contributed by atoms with Crippen LogP contribution in [0.5, 0.6) is 5.75 Å². The number of nitrogens with two attached hydrogens (primary N) is 1. The molecular formula is C32H36FN5O9S. The predicted molar refractivity (Wildman–Crippen MR) is 170 cm³/mol. The van der Waals surface area contributed by atoms with Gasteiger partial charge < -0.3 is 20.5 Å². The maximum Gasteiger partial charge on any atom is 0.326 e. The van der Waals surface area contributed by atoms with Crippen molar-refractivity contribution in [1.82, 2.24) is 19.9 Å². The first kappa shape index (κ1) is 37.2. The molecule has 48 heavy (non-hydrogen) atoms. The van der Waals surface area contributed by atoms with Crippen molar-refractivity contribution >= 4 is 39.6 Å². The minimum absolute atomic E-state index is 0.00487. The van der Waals surface area contributed by atoms with Crippen molar-refractivity contribution in [2.75, 3.05) is 32.8 Å². The summed E-state index contributed by atoms with van der Waals surface area (Å²) in [7, 11) is -4.43. The summed E-state index contributed by atoms with van der Waals surface area (Å²) in [6.07, 6.45) is 1.37. The summed E-state index contributed by atoms with van der Waals surface area (Å²) in [5.74, 6) is -5.04. The molecule has 0 fully saturated rings. The van der Waals surface area contributed by atoms with E-state index in [0.717, 1.165) is 30.0 Å². The number of halogens is 1. The van der Waals surface area contributed by atoms with E-state index >= 15 is 0 Å². The molecule has 16 heteroatoms. The lowest BCUT2D eigenvalue weighted by Crippen LogP contribution is -2.44. The number of hydrogen-bond acceptors (Lipinski definition) is 11. The average molecular weight is 686 g/mol. The zero-order valence-electron chi connectivity index (χ0n) is 26.5. The highest BCUT2D eigenvalue weighted by molar-refractivity contribution is 7.90. The summed E-state index contributed by atoms with van der Waals surface area (Å²) in [5, 5.41) is 2.69. The Kier molecular flexibility index (Phi) is 13.3. The lowest BCUT2D eigenvalue weighted by Gasteiger charge is -2.21. The van der Waals surface area contributed by atoms with E-state index in [1.165, 1.54) is 24.3 Å². The van der Waals surface area contributed by atoms with Gasteiger partial charge in [0.15, 0.2) is 11.4 Å². The van der Waals surface area contributed by atoms with Gasteiger partial charge >= 0.3 is 5.97 Å². The van der Waals surface area contributed by atoms with Crippen molar-refractivity contribution < 1.29 is 46.3 Å². The number of esters is 1. The van der Waals surface area contributed by atoms with Crippen LogP contribution in [0.15, 0.2) is 65.7 Å². The van der Waals surface area contributed by atoms with Gasteiger partial charge in [-0.3, -0.25) is 28.9 Å². The van der Waals surface area contributed by atoms with E-state index in [0.29, 0.717) is 11.3 Å². The Bertz CT molecular complexity index is 1750. The van der Waals surface area contributed by atoms with Crippen LogP contribution in [0, 0.1) is 11.7 Å². The third-order valence-corrected chi connectivity index (χ3v) is 7.82. The van der Waals surface area contributed by atoms with Gasteiger partial charge in [-0.25, -0.2) is 22.5 Å². The molecule has 3 rings (SSSR count). The average Bonchev–Trinajstić information content (AvgIpc) is 3.06. The van der Waals surface area contributed by atoms with Crippen LogP contribution in [0.1, 0.15) is 57.5 Å². The SMILES string of the molecule is CCOC(=O)CN(C(=O)CN)C(=O)c1ncc(C(=O)NS(=O)(=O)c2ccc(C(=O)NCCc3ccc(F)cc3)cc2)cc1OCC(C)C. The molecule has 2 aromatic carbocycles. The molecule has 0 saturated carbocycles. The summed E-state index contributed by atoms with van der Waals surface area (Å²) in [6.45, 7) is 4.14. The number of nitrogens with zero attached hydrogens (tertiary/aromatic N) is 2. The zero-order valence-corrected chi connectivity index (χ0v) is 27.3. The molecule has 1 heterocycles. The first-order chi connectivity index (χ1) is 22.7. The summed E-state index contributed by atoms with van der Waals surface area (Å²) < 4.78 is 51.5. The third kappa shape index (κ3) is 10.4. The van der Waals surface area contributed by atoms with Gasteiger partial charge in [-0.15, -0.1) is 0 Å². The molecule has 4 amide bonds. The summed E-state index contributed by atoms with van der Waals surface area (Å²) in [4.78, 5) is 67.5. The van der Waals surface area contributed by atoms with Crippen molar-refractivity contribution in [2.24, 2.45) is 11.7 Å². The van der Waals surface area contributed by atoms with Gasteiger partial charge in [-0.05, 0) is 67.3 Å². The maximum atomic E-state index is 13.3. The van der Waals surface area contributed by atoms with Gasteiger partial charge in [0.1, 0.15) is 12.4 Å². The molecule has 0 aliphatic carbocycles. The number of carbonyl (C=O) groups excluding carboxylic acids is 5. The molecule has 14 nitrogen and oxygen atoms in total. The van der Waals surface area contributed by atoms with Crippen molar-refractivity contribution in [2.45, 2.75) is 32.1 Å². The van der Waals surface area contributed by atoms with Crippen molar-refractivity contribution in [1.29, 1.82) is 0 Å². The van der Waals surface area contributed by atoms with Gasteiger partial charge in [-0.2, -0.15) is 0 Å². The zero-order chi connectivity index (χ0) is 35.4. The summed E-state index contributed by atoms with van der Waals surface area (Å²) in [6, 6.07) is 11.8. The number of rotatable bonds is 15. The highest BCUT2D eigenvalue weighted by atomic mass is 32.2. The Hall–Kier alpha value is -5.22. The van der Waals surface area contributed by atoms with Gasteiger partial charge in [0.2, 0.25) is 5.91 Å². The highest BCUT2D eigenvalue weighted by Gasteiger charge is 2.30. The number of aromatic nitrogens is 1. The molecule has 3 aromatic rings. The smallest absolute Gasteiger partial charge is 0.326 e. The molecule has 256 valence electrons. The molecule has 1 aromatic heterocycles. The van der Waals surface area contributed by atoms with E-state index in [-0.39, 0.29) is 53.3 Å². The van der Waals surface area contributed by atoms with Gasteiger partial charge in [0.25, 0.3) is 27.7 Å². The monoisotopic (exact) mass is 685 g/mol. The Morgan fingerprint density at radius 2 is 1.65 bits per heavy atom. The van der Waals surface area contributed by atoms with Crippen LogP contribution in [0.4, 0.5) is 4.39 Å². The molecule has 0 saturated heterocycles. The Balaban J connectivity index is 1.76. The number of nitrogens with one attached hydrogen (secondary N) is 2. The van der Waals surface area contributed by atoms with Crippen molar-refractivity contribution in [3.05, 3.63) is 89.0 Å². The van der Waals surface area contributed by atoms with E-state index in [2.05, 4.69) is 10.3 Å². The molecule has 0 bridgehead atoms. The van der Waals surface area contributed by atoms with Crippen molar-refractivity contribution in [3.8, 4) is 5.75 Å². The minimum Gasteiger partial charge on any atom is -0.491 e. The number of hydrogen-bond donors (Lipinski definition) is 3. The van der Waals surface area contributed by atoms with E-state index in [1.54, 1.807) is 19.1 Å². The van der Waals surface area contributed by atoms with Crippen molar-refractivity contribution in [3.63, 3.8) is 0 Å². The molecule has 4 N–H and O–H groups in total. The maximum absolute atomic E-state index is 13.3. The molecule has 0 aliphatic rings. The van der Waals surface area contributed by atoms with Crippen LogP contribution in [0.25, 0.3) is 0 Å². The predicted octanol–water partition coefficient (Wildman–Crippen LogP) is 1.84. The standard InChI is InChI=1S/C32H36FN5O9S/c1-4-46-28(40)18-38(27(39)16-34)32(43)29-26(47-19-20(2)3)15-23(17-36-29)31(42)37-48(44,45)25-11-7-22(8-12-25)30(41)35-14-13-21-5-9-24(33)10-6-21/h5-12,15,17,20H,4,13-14,16,18-19,34H2,1-3H3,(H,35,41)(H,37,42). The topological polar surface area (TPSA) is 204 Å². The second kappa shape index (κ2) is 17.1. The molecule has 0 atom stereocenters. The normalized spacial score (nSPS) is 11.0. The molecular weight excluding hydrogens is 649 g/mol. The highest BCUT2D eigenvalue weighted by Crippen LogP contribution is 2.22. The Morgan fingerprint density at radius 3 is 2.25 bits per heavy atom. The fourth-order valence-electron chi connectivity index (χ4n) is 4.04. The number of sulfonamides is 1. The van der Waals surface area contributed by atoms with Crippen LogP contribution in [-0.2, 0) is 30.8 Å². The molecule has 0 unspecified atom stereocenters. The van der Waals surface area contributed by atoms with Gasteiger partial charge in [-0.1, -0.05) is 26.0 Å². The van der Waals surface area contributed by atoms with E-state index in [4.69, 9.17) is 15.2 Å². The lowest BCUT2D eigenvalue weighted by atomic mass is 10.1. The fourth-order valence-corrected chi connectivity index (χ4v) is 5.02. The Labute approximate surface area is 276 Å². The first-order valence-electron chi connectivity index (χ1n) is 14.8. The van der Waals surface area contributed by atoms with Crippen LogP contribution >= 0.6 is 0 Å². The second-order valence-electron chi connectivity index (χ2n) is 10.7. The molecule has 0 radical (unpaired) electrons. The fraction of sp³-hybridized carbons (Fsp3) is 0.312. The van der Waals surface area contributed by atoms with Crippen LogP contribution in [0.2, 0.25) is 0 Å². The number of benzene rings is 2. The Morgan fingerprint density at radius 1 is 0.979 bits per heavy atom. The van der Waals surface area contributed by atoms with Crippen LogP contribution in [-0.4, -0.2) is 80.7 Å². The summed E-state index contributed by atoms with van der Waals surface area (Å²) in [5.41, 5.74) is 5.69. The number of amides is 4. The lowest BCUT2D eigenvalue weighted by molar-refractivity contribution is -0.147. The number of pyridine rings is 1. The minimum atomic E-state index is -4.43. The third-order valence-electron chi connectivity index (χ3n) is 6.47. The number of ether oxygens (including phenoxy) is 2. The van der Waals surface area contributed by atoms with Crippen LogP contribution < -0.4 is 20.5 Å². The van der Waals surface area contributed by atoms with Crippen LogP contribution in [0.3, 0.4) is 0 Å². The number of carbonyl (C=O) groups is 5.